The maximum Gasteiger partial charge on any atom is 0.302 e. The van der Waals surface area contributed by atoms with Crippen molar-refractivity contribution in [3.8, 4) is 17.6 Å². The zero-order valence-electron chi connectivity index (χ0n) is 20.8. The van der Waals surface area contributed by atoms with E-state index in [-0.39, 0.29) is 30.7 Å². The number of carbonyl (C=O) groups is 3. The Hall–Kier alpha value is -4.38. The molecule has 0 N–H and O–H groups in total. The van der Waals surface area contributed by atoms with Crippen LogP contribution in [0.3, 0.4) is 0 Å². The summed E-state index contributed by atoms with van der Waals surface area (Å²) in [5.74, 6) is -0.588. The zero-order chi connectivity index (χ0) is 26.2. The molecule has 0 spiro atoms. The molecule has 36 heavy (non-hydrogen) atoms. The molecule has 2 aromatic rings. The highest BCUT2D eigenvalue weighted by Gasteiger charge is 2.35. The van der Waals surface area contributed by atoms with E-state index in [4.69, 9.17) is 14.2 Å². The first-order valence-corrected chi connectivity index (χ1v) is 11.4. The van der Waals surface area contributed by atoms with Crippen molar-refractivity contribution >= 4 is 23.9 Å². The Balaban J connectivity index is 1.84. The average molecular weight is 489 g/mol. The van der Waals surface area contributed by atoms with Crippen LogP contribution in [0, 0.1) is 18.3 Å². The third-order valence-corrected chi connectivity index (χ3v) is 5.67. The number of hydrogen-bond donors (Lipinski definition) is 0. The fourth-order valence-electron chi connectivity index (χ4n) is 3.68. The summed E-state index contributed by atoms with van der Waals surface area (Å²) in [5.41, 5.74) is 3.27. The molecule has 0 unspecified atom stereocenters. The van der Waals surface area contributed by atoms with E-state index >= 15 is 0 Å². The normalized spacial score (nSPS) is 14.6. The van der Waals surface area contributed by atoms with Crippen molar-refractivity contribution in [3.63, 3.8) is 0 Å². The molecule has 0 saturated carbocycles. The van der Waals surface area contributed by atoms with Gasteiger partial charge in [0.1, 0.15) is 18.2 Å². The number of ether oxygens (including phenoxy) is 3. The molecule has 0 radical (unpaired) electrons. The summed E-state index contributed by atoms with van der Waals surface area (Å²) in [4.78, 5) is 37.9. The SMILES string of the molecule is COc1cc(/C=C2/C(=O)N(CCCOC(C)=O)C(=O)C(C#N)=C2C)ccc1OCc1ccc(C)cc1. The summed E-state index contributed by atoms with van der Waals surface area (Å²) in [7, 11) is 1.53. The van der Waals surface area contributed by atoms with Crippen molar-refractivity contribution in [3.05, 3.63) is 75.9 Å². The smallest absolute Gasteiger partial charge is 0.302 e. The molecular weight excluding hydrogens is 460 g/mol. The van der Waals surface area contributed by atoms with Gasteiger partial charge in [0.2, 0.25) is 0 Å². The minimum absolute atomic E-state index is 0.0237. The molecule has 0 saturated heterocycles. The van der Waals surface area contributed by atoms with Crippen LogP contribution in [-0.2, 0) is 25.7 Å². The Morgan fingerprint density at radius 2 is 1.78 bits per heavy atom. The van der Waals surface area contributed by atoms with Gasteiger partial charge in [-0.25, -0.2) is 0 Å². The predicted molar refractivity (Wildman–Crippen MR) is 133 cm³/mol. The number of methoxy groups -OCH3 is 1. The van der Waals surface area contributed by atoms with Gasteiger partial charge >= 0.3 is 5.97 Å². The number of rotatable bonds is 9. The largest absolute Gasteiger partial charge is 0.493 e. The maximum absolute atomic E-state index is 13.2. The molecule has 2 aromatic carbocycles. The lowest BCUT2D eigenvalue weighted by atomic mass is 9.93. The van der Waals surface area contributed by atoms with E-state index in [0.29, 0.717) is 29.2 Å². The second-order valence-corrected chi connectivity index (χ2v) is 8.31. The van der Waals surface area contributed by atoms with Gasteiger partial charge in [0.05, 0.1) is 13.7 Å². The summed E-state index contributed by atoms with van der Waals surface area (Å²) in [6, 6.07) is 15.2. The third-order valence-electron chi connectivity index (χ3n) is 5.67. The molecular formula is C28H28N2O6. The van der Waals surface area contributed by atoms with E-state index in [1.54, 1.807) is 31.2 Å². The van der Waals surface area contributed by atoms with E-state index in [1.807, 2.05) is 37.3 Å². The van der Waals surface area contributed by atoms with Gasteiger partial charge in [0, 0.05) is 19.0 Å². The molecule has 2 amide bonds. The third kappa shape index (κ3) is 6.19. The maximum atomic E-state index is 13.2. The molecule has 0 bridgehead atoms. The van der Waals surface area contributed by atoms with Crippen LogP contribution in [0.15, 0.2) is 59.2 Å². The highest BCUT2D eigenvalue weighted by molar-refractivity contribution is 6.19. The van der Waals surface area contributed by atoms with Crippen molar-refractivity contribution in [1.82, 2.24) is 4.90 Å². The van der Waals surface area contributed by atoms with Crippen LogP contribution in [0.1, 0.15) is 37.0 Å². The van der Waals surface area contributed by atoms with Crippen LogP contribution in [0.4, 0.5) is 0 Å². The van der Waals surface area contributed by atoms with Crippen molar-refractivity contribution in [2.75, 3.05) is 20.3 Å². The standard InChI is InChI=1S/C28H28N2O6/c1-18-6-8-21(9-7-18)17-36-25-11-10-22(15-26(25)34-4)14-23-19(2)24(16-29)28(33)30(27(23)32)12-5-13-35-20(3)31/h6-11,14-15H,5,12-13,17H2,1-4H3/b23-14+. The molecule has 0 aliphatic carbocycles. The number of nitriles is 1. The molecule has 0 fully saturated rings. The topological polar surface area (TPSA) is 106 Å². The molecule has 0 aromatic heterocycles. The lowest BCUT2D eigenvalue weighted by Crippen LogP contribution is -2.43. The van der Waals surface area contributed by atoms with E-state index in [1.165, 1.54) is 19.6 Å². The first-order chi connectivity index (χ1) is 17.2. The van der Waals surface area contributed by atoms with Crippen LogP contribution >= 0.6 is 0 Å². The van der Waals surface area contributed by atoms with Crippen molar-refractivity contribution in [2.24, 2.45) is 0 Å². The van der Waals surface area contributed by atoms with Crippen LogP contribution in [-0.4, -0.2) is 42.9 Å². The number of esters is 1. The first-order valence-electron chi connectivity index (χ1n) is 11.4. The lowest BCUT2D eigenvalue weighted by molar-refractivity contribution is -0.141. The fraction of sp³-hybridized carbons (Fsp3) is 0.286. The summed E-state index contributed by atoms with van der Waals surface area (Å²) >= 11 is 0. The summed E-state index contributed by atoms with van der Waals surface area (Å²) < 4.78 is 16.3. The number of nitrogens with zero attached hydrogens (tertiary/aromatic N) is 2. The molecule has 8 heteroatoms. The highest BCUT2D eigenvalue weighted by Crippen LogP contribution is 2.32. The van der Waals surface area contributed by atoms with Crippen molar-refractivity contribution in [2.45, 2.75) is 33.8 Å². The van der Waals surface area contributed by atoms with Gasteiger partial charge in [0.15, 0.2) is 11.5 Å². The second-order valence-electron chi connectivity index (χ2n) is 8.31. The van der Waals surface area contributed by atoms with E-state index in [9.17, 15) is 19.6 Å². The quantitative estimate of drug-likeness (QED) is 0.226. The predicted octanol–water partition coefficient (Wildman–Crippen LogP) is 4.13. The number of carbonyl (C=O) groups excluding carboxylic acids is 3. The van der Waals surface area contributed by atoms with E-state index < -0.39 is 17.8 Å². The number of imide groups is 1. The first kappa shape index (κ1) is 26.2. The van der Waals surface area contributed by atoms with Gasteiger partial charge in [-0.15, -0.1) is 0 Å². The molecule has 3 rings (SSSR count). The van der Waals surface area contributed by atoms with Gasteiger partial charge in [-0.3, -0.25) is 19.3 Å². The molecule has 0 atom stereocenters. The summed E-state index contributed by atoms with van der Waals surface area (Å²) in [6.07, 6.45) is 1.88. The summed E-state index contributed by atoms with van der Waals surface area (Å²) in [6.45, 7) is 5.34. The molecule has 1 heterocycles. The van der Waals surface area contributed by atoms with Crippen molar-refractivity contribution in [1.29, 1.82) is 5.26 Å². The van der Waals surface area contributed by atoms with Crippen LogP contribution in [0.2, 0.25) is 0 Å². The Kier molecular flexibility index (Phi) is 8.63. The van der Waals surface area contributed by atoms with E-state index in [0.717, 1.165) is 10.5 Å². The number of hydrogen-bond acceptors (Lipinski definition) is 7. The van der Waals surface area contributed by atoms with Crippen LogP contribution < -0.4 is 9.47 Å². The average Bonchev–Trinajstić information content (AvgIpc) is 2.86. The van der Waals surface area contributed by atoms with Gasteiger partial charge in [-0.2, -0.15) is 5.26 Å². The molecule has 1 aliphatic heterocycles. The van der Waals surface area contributed by atoms with Crippen molar-refractivity contribution < 1.29 is 28.6 Å². The van der Waals surface area contributed by atoms with Gasteiger partial charge in [0.25, 0.3) is 11.8 Å². The Morgan fingerprint density at radius 3 is 2.42 bits per heavy atom. The van der Waals surface area contributed by atoms with Crippen LogP contribution in [0.25, 0.3) is 6.08 Å². The highest BCUT2D eigenvalue weighted by atomic mass is 16.5. The lowest BCUT2D eigenvalue weighted by Gasteiger charge is -2.27. The minimum atomic E-state index is -0.655. The van der Waals surface area contributed by atoms with Crippen LogP contribution in [0.5, 0.6) is 11.5 Å². The monoisotopic (exact) mass is 488 g/mol. The fourth-order valence-corrected chi connectivity index (χ4v) is 3.68. The molecule has 1 aliphatic rings. The number of aryl methyl sites for hydroxylation is 1. The molecule has 186 valence electrons. The van der Waals surface area contributed by atoms with E-state index in [2.05, 4.69) is 0 Å². The van der Waals surface area contributed by atoms with Gasteiger partial charge < -0.3 is 14.2 Å². The van der Waals surface area contributed by atoms with Gasteiger partial charge in [-0.1, -0.05) is 35.9 Å². The summed E-state index contributed by atoms with van der Waals surface area (Å²) in [5, 5.41) is 9.55. The second kappa shape index (κ2) is 11.8. The zero-order valence-corrected chi connectivity index (χ0v) is 20.8. The van der Waals surface area contributed by atoms with Gasteiger partial charge in [-0.05, 0) is 55.2 Å². The number of amides is 2. The minimum Gasteiger partial charge on any atom is -0.493 e. The molecule has 8 nitrogen and oxygen atoms in total. The Bertz CT molecular complexity index is 1270. The number of benzene rings is 2. The Labute approximate surface area is 210 Å². The Morgan fingerprint density at radius 1 is 1.06 bits per heavy atom.